The van der Waals surface area contributed by atoms with Crippen molar-refractivity contribution in [3.8, 4) is 11.1 Å². The zero-order valence-corrected chi connectivity index (χ0v) is 16.7. The number of H-pyrrole nitrogens is 1. The van der Waals surface area contributed by atoms with Crippen LogP contribution in [0.5, 0.6) is 0 Å². The summed E-state index contributed by atoms with van der Waals surface area (Å²) in [6.45, 7) is 5.88. The number of carbonyl (C=O) groups excluding carboxylic acids is 2. The first kappa shape index (κ1) is 19.4. The molecule has 0 aliphatic heterocycles. The van der Waals surface area contributed by atoms with Crippen molar-refractivity contribution in [3.63, 3.8) is 0 Å². The molecule has 3 rings (SSSR count). The summed E-state index contributed by atoms with van der Waals surface area (Å²) in [7, 11) is 3.23. The standard InChI is InChI=1S/C21H24N4O3/c1-12(19-13(2)24-25(4)14(19)3)23-20(26)16-8-6-7-15(9-16)17-10-18(22-11-17)21(27)28-5/h6-12,22H,1-5H3,(H,23,26). The van der Waals surface area contributed by atoms with Crippen molar-refractivity contribution >= 4 is 11.9 Å². The molecular weight excluding hydrogens is 356 g/mol. The average molecular weight is 380 g/mol. The average Bonchev–Trinajstić information content (AvgIpc) is 3.26. The van der Waals surface area contributed by atoms with Crippen LogP contribution in [0.15, 0.2) is 36.5 Å². The maximum absolute atomic E-state index is 12.8. The van der Waals surface area contributed by atoms with Gasteiger partial charge in [-0.25, -0.2) is 4.79 Å². The molecule has 0 bridgehead atoms. The van der Waals surface area contributed by atoms with Crippen LogP contribution in [0.25, 0.3) is 11.1 Å². The van der Waals surface area contributed by atoms with Crippen LogP contribution < -0.4 is 5.32 Å². The topological polar surface area (TPSA) is 89.0 Å². The van der Waals surface area contributed by atoms with Crippen LogP contribution in [0.3, 0.4) is 0 Å². The summed E-state index contributed by atoms with van der Waals surface area (Å²) in [6, 6.07) is 8.81. The van der Waals surface area contributed by atoms with Crippen molar-refractivity contribution in [2.75, 3.05) is 7.11 Å². The first-order chi connectivity index (χ1) is 13.3. The van der Waals surface area contributed by atoms with E-state index in [-0.39, 0.29) is 11.9 Å². The van der Waals surface area contributed by atoms with E-state index in [1.165, 1.54) is 7.11 Å². The Kier molecular flexibility index (Phi) is 5.35. The highest BCUT2D eigenvalue weighted by Crippen LogP contribution is 2.24. The van der Waals surface area contributed by atoms with Crippen molar-refractivity contribution < 1.29 is 14.3 Å². The Hall–Kier alpha value is -3.35. The smallest absolute Gasteiger partial charge is 0.354 e. The molecule has 0 spiro atoms. The Balaban J connectivity index is 1.80. The zero-order valence-electron chi connectivity index (χ0n) is 16.7. The number of rotatable bonds is 5. The number of aromatic amines is 1. The minimum Gasteiger partial charge on any atom is -0.464 e. The fraction of sp³-hybridized carbons (Fsp3) is 0.286. The number of nitrogens with one attached hydrogen (secondary N) is 2. The molecule has 7 heteroatoms. The van der Waals surface area contributed by atoms with Gasteiger partial charge in [0.05, 0.1) is 18.8 Å². The van der Waals surface area contributed by atoms with Gasteiger partial charge in [-0.05, 0) is 44.5 Å². The minimum atomic E-state index is -0.434. The van der Waals surface area contributed by atoms with E-state index >= 15 is 0 Å². The molecule has 0 radical (unpaired) electrons. The molecule has 2 N–H and O–H groups in total. The van der Waals surface area contributed by atoms with Gasteiger partial charge in [0.1, 0.15) is 5.69 Å². The second kappa shape index (κ2) is 7.72. The number of hydrogen-bond acceptors (Lipinski definition) is 4. The Morgan fingerprint density at radius 3 is 2.61 bits per heavy atom. The minimum absolute atomic E-state index is 0.164. The molecule has 2 aromatic heterocycles. The first-order valence-electron chi connectivity index (χ1n) is 9.00. The third-order valence-corrected chi connectivity index (χ3v) is 4.89. The van der Waals surface area contributed by atoms with E-state index in [0.717, 1.165) is 28.1 Å². The number of amides is 1. The molecule has 1 amide bonds. The molecule has 28 heavy (non-hydrogen) atoms. The normalized spacial score (nSPS) is 11.9. The van der Waals surface area contributed by atoms with Crippen molar-refractivity contribution in [2.24, 2.45) is 7.05 Å². The summed E-state index contributed by atoms with van der Waals surface area (Å²) in [6.07, 6.45) is 1.72. The van der Waals surface area contributed by atoms with Crippen molar-refractivity contribution in [1.29, 1.82) is 0 Å². The molecule has 1 atom stereocenters. The number of carbonyl (C=O) groups is 2. The van der Waals surface area contributed by atoms with Crippen LogP contribution in [0.2, 0.25) is 0 Å². The quantitative estimate of drug-likeness (QED) is 0.665. The van der Waals surface area contributed by atoms with Crippen molar-refractivity contribution in [3.05, 3.63) is 64.7 Å². The zero-order chi connectivity index (χ0) is 20.4. The maximum atomic E-state index is 12.8. The number of benzene rings is 1. The van der Waals surface area contributed by atoms with Crippen LogP contribution in [0, 0.1) is 13.8 Å². The number of nitrogens with zero attached hydrogens (tertiary/aromatic N) is 2. The summed E-state index contributed by atoms with van der Waals surface area (Å²) >= 11 is 0. The lowest BCUT2D eigenvalue weighted by atomic mass is 10.0. The molecule has 1 aromatic carbocycles. The fourth-order valence-corrected chi connectivity index (χ4v) is 3.40. The predicted octanol–water partition coefficient (Wildman–Crippen LogP) is 3.31. The molecule has 0 aliphatic rings. The van der Waals surface area contributed by atoms with Crippen LogP contribution >= 0.6 is 0 Å². The molecular formula is C21H24N4O3. The van der Waals surface area contributed by atoms with E-state index in [1.807, 2.05) is 44.6 Å². The maximum Gasteiger partial charge on any atom is 0.354 e. The van der Waals surface area contributed by atoms with Gasteiger partial charge in [0.25, 0.3) is 5.91 Å². The molecule has 0 aliphatic carbocycles. The van der Waals surface area contributed by atoms with Crippen LogP contribution in [-0.2, 0) is 11.8 Å². The third-order valence-electron chi connectivity index (χ3n) is 4.89. The van der Waals surface area contributed by atoms with E-state index in [1.54, 1.807) is 24.4 Å². The molecule has 3 aromatic rings. The summed E-state index contributed by atoms with van der Waals surface area (Å²) in [5, 5.41) is 7.46. The second-order valence-corrected chi connectivity index (χ2v) is 6.78. The number of hydrogen-bond donors (Lipinski definition) is 2. The highest BCUT2D eigenvalue weighted by molar-refractivity contribution is 5.96. The lowest BCUT2D eigenvalue weighted by molar-refractivity contribution is 0.0594. The SMILES string of the molecule is COC(=O)c1cc(-c2cccc(C(=O)NC(C)c3c(C)nn(C)c3C)c2)c[nH]1. The monoisotopic (exact) mass is 380 g/mol. The molecule has 1 unspecified atom stereocenters. The van der Waals surface area contributed by atoms with E-state index in [2.05, 4.69) is 15.4 Å². The summed E-state index contributed by atoms with van der Waals surface area (Å²) in [5.41, 5.74) is 5.52. The van der Waals surface area contributed by atoms with Gasteiger partial charge >= 0.3 is 5.97 Å². The molecule has 0 fully saturated rings. The van der Waals surface area contributed by atoms with Gasteiger partial charge in [-0.1, -0.05) is 12.1 Å². The Morgan fingerprint density at radius 1 is 1.21 bits per heavy atom. The van der Waals surface area contributed by atoms with E-state index in [0.29, 0.717) is 11.3 Å². The lowest BCUT2D eigenvalue weighted by Crippen LogP contribution is -2.27. The number of ether oxygens (including phenoxy) is 1. The summed E-state index contributed by atoms with van der Waals surface area (Å²) in [5.74, 6) is -0.600. The highest BCUT2D eigenvalue weighted by Gasteiger charge is 2.19. The first-order valence-corrected chi connectivity index (χ1v) is 9.00. The van der Waals surface area contributed by atoms with Gasteiger partial charge in [0.2, 0.25) is 0 Å². The fourth-order valence-electron chi connectivity index (χ4n) is 3.40. The van der Waals surface area contributed by atoms with Crippen LogP contribution in [0.1, 0.15) is 50.8 Å². The van der Waals surface area contributed by atoms with Gasteiger partial charge < -0.3 is 15.0 Å². The molecule has 0 saturated heterocycles. The molecule has 2 heterocycles. The van der Waals surface area contributed by atoms with E-state index in [4.69, 9.17) is 4.74 Å². The van der Waals surface area contributed by atoms with Gasteiger partial charge in [0, 0.05) is 35.6 Å². The molecule has 146 valence electrons. The summed E-state index contributed by atoms with van der Waals surface area (Å²) < 4.78 is 6.53. The van der Waals surface area contributed by atoms with Gasteiger partial charge in [-0.3, -0.25) is 9.48 Å². The number of methoxy groups -OCH3 is 1. The second-order valence-electron chi connectivity index (χ2n) is 6.78. The Morgan fingerprint density at radius 2 is 1.96 bits per heavy atom. The number of aromatic nitrogens is 3. The Labute approximate surface area is 163 Å². The number of aryl methyl sites for hydroxylation is 2. The lowest BCUT2D eigenvalue weighted by Gasteiger charge is -2.15. The Bertz CT molecular complexity index is 1030. The predicted molar refractivity (Wildman–Crippen MR) is 106 cm³/mol. The van der Waals surface area contributed by atoms with Gasteiger partial charge in [-0.2, -0.15) is 5.10 Å². The van der Waals surface area contributed by atoms with Crippen LogP contribution in [-0.4, -0.2) is 33.8 Å². The largest absolute Gasteiger partial charge is 0.464 e. The van der Waals surface area contributed by atoms with Gasteiger partial charge in [0.15, 0.2) is 0 Å². The van der Waals surface area contributed by atoms with Crippen molar-refractivity contribution in [1.82, 2.24) is 20.1 Å². The van der Waals surface area contributed by atoms with E-state index in [9.17, 15) is 9.59 Å². The highest BCUT2D eigenvalue weighted by atomic mass is 16.5. The van der Waals surface area contributed by atoms with Gasteiger partial charge in [-0.15, -0.1) is 0 Å². The molecule has 0 saturated carbocycles. The summed E-state index contributed by atoms with van der Waals surface area (Å²) in [4.78, 5) is 27.3. The third kappa shape index (κ3) is 3.69. The molecule has 7 nitrogen and oxygen atoms in total. The van der Waals surface area contributed by atoms with E-state index < -0.39 is 5.97 Å². The van der Waals surface area contributed by atoms with Crippen LogP contribution in [0.4, 0.5) is 0 Å². The van der Waals surface area contributed by atoms with Crippen molar-refractivity contribution in [2.45, 2.75) is 26.8 Å². The number of esters is 1.